The minimum atomic E-state index is 0.716. The molecule has 0 amide bonds. The summed E-state index contributed by atoms with van der Waals surface area (Å²) >= 11 is 0. The van der Waals surface area contributed by atoms with Gasteiger partial charge in [0.1, 0.15) is 0 Å². The zero-order valence-corrected chi connectivity index (χ0v) is 5.45. The number of nitrogens with zero attached hydrogens (tertiary/aromatic N) is 1. The van der Waals surface area contributed by atoms with E-state index in [0.29, 0.717) is 5.88 Å². The zero-order valence-electron chi connectivity index (χ0n) is 5.45. The first-order valence-electron chi connectivity index (χ1n) is 3.23. The summed E-state index contributed by atoms with van der Waals surface area (Å²) in [4.78, 5) is 4.09. The molecule has 0 saturated carbocycles. The van der Waals surface area contributed by atoms with Crippen molar-refractivity contribution >= 4 is 18.2 Å². The van der Waals surface area contributed by atoms with Crippen LogP contribution in [0.4, 0.5) is 5.88 Å². The van der Waals surface area contributed by atoms with Crippen LogP contribution in [0.25, 0.3) is 6.08 Å². The number of fused-ring (bicyclic) bond motifs is 1. The van der Waals surface area contributed by atoms with E-state index in [2.05, 4.69) is 11.1 Å². The predicted molar refractivity (Wildman–Crippen MR) is 40.5 cm³/mol. The largest absolute Gasteiger partial charge is 0.446 e. The Morgan fingerprint density at radius 2 is 2.50 bits per heavy atom. The van der Waals surface area contributed by atoms with Gasteiger partial charge in [0.15, 0.2) is 0 Å². The lowest BCUT2D eigenvalue weighted by molar-refractivity contribution is 0.578. The first-order valence-corrected chi connectivity index (χ1v) is 3.23. The monoisotopic (exact) mass is 133 g/mol. The second kappa shape index (κ2) is 2.14. The molecular weight excluding hydrogens is 126 g/mol. The molecule has 0 bridgehead atoms. The van der Waals surface area contributed by atoms with Gasteiger partial charge in [-0.15, -0.1) is 0 Å². The Labute approximate surface area is 58.9 Å². The van der Waals surface area contributed by atoms with Crippen LogP contribution in [0.2, 0.25) is 0 Å². The van der Waals surface area contributed by atoms with Crippen molar-refractivity contribution in [2.75, 3.05) is 0 Å². The van der Waals surface area contributed by atoms with Gasteiger partial charge in [-0.1, -0.05) is 12.2 Å². The molecule has 10 heavy (non-hydrogen) atoms. The Kier molecular flexibility index (Phi) is 1.17. The second-order valence-corrected chi connectivity index (χ2v) is 2.13. The van der Waals surface area contributed by atoms with Crippen LogP contribution in [0.15, 0.2) is 27.8 Å². The lowest BCUT2D eigenvalue weighted by Gasteiger charge is -1.83. The fraction of sp³-hybridized carbons (Fsp3) is 0.125. The summed E-state index contributed by atoms with van der Waals surface area (Å²) in [5, 5.41) is 0. The molecule has 0 atom stereocenters. The Bertz CT molecular complexity index is 257. The van der Waals surface area contributed by atoms with Gasteiger partial charge < -0.3 is 4.42 Å². The van der Waals surface area contributed by atoms with E-state index in [-0.39, 0.29) is 0 Å². The fourth-order valence-corrected chi connectivity index (χ4v) is 0.934. The third-order valence-corrected chi connectivity index (χ3v) is 1.42. The van der Waals surface area contributed by atoms with Gasteiger partial charge in [0.25, 0.3) is 0 Å². The van der Waals surface area contributed by atoms with E-state index in [4.69, 9.17) is 4.42 Å². The van der Waals surface area contributed by atoms with E-state index >= 15 is 0 Å². The van der Waals surface area contributed by atoms with Crippen LogP contribution in [-0.4, -0.2) is 6.21 Å². The van der Waals surface area contributed by atoms with Crippen LogP contribution in [-0.2, 0) is 0 Å². The van der Waals surface area contributed by atoms with Crippen molar-refractivity contribution in [3.05, 3.63) is 24.0 Å². The molecule has 0 N–H and O–H groups in total. The van der Waals surface area contributed by atoms with Gasteiger partial charge in [0.05, 0.1) is 6.26 Å². The SMILES string of the molecule is C1=Cc2ccoc2N=CC1. The summed E-state index contributed by atoms with van der Waals surface area (Å²) in [6, 6.07) is 1.91. The highest BCUT2D eigenvalue weighted by Crippen LogP contribution is 2.22. The van der Waals surface area contributed by atoms with Crippen molar-refractivity contribution in [1.82, 2.24) is 0 Å². The number of hydrogen-bond donors (Lipinski definition) is 0. The van der Waals surface area contributed by atoms with Crippen molar-refractivity contribution in [2.45, 2.75) is 6.42 Å². The normalized spacial score (nSPS) is 14.8. The van der Waals surface area contributed by atoms with Crippen LogP contribution >= 0.6 is 0 Å². The third-order valence-electron chi connectivity index (χ3n) is 1.42. The van der Waals surface area contributed by atoms with Gasteiger partial charge in [-0.2, -0.15) is 0 Å². The maximum absolute atomic E-state index is 5.09. The van der Waals surface area contributed by atoms with Crippen molar-refractivity contribution < 1.29 is 4.42 Å². The van der Waals surface area contributed by atoms with Crippen molar-refractivity contribution in [3.8, 4) is 0 Å². The van der Waals surface area contributed by atoms with Crippen LogP contribution in [0, 0.1) is 0 Å². The highest BCUT2D eigenvalue weighted by Gasteiger charge is 2.00. The second-order valence-electron chi connectivity index (χ2n) is 2.13. The average Bonchev–Trinajstić information content (AvgIpc) is 2.28. The Hall–Kier alpha value is -1.31. The lowest BCUT2D eigenvalue weighted by atomic mass is 10.3. The number of hydrogen-bond acceptors (Lipinski definition) is 2. The number of allylic oxidation sites excluding steroid dienone is 1. The molecule has 1 aromatic rings. The van der Waals surface area contributed by atoms with Crippen LogP contribution in [0.5, 0.6) is 0 Å². The van der Waals surface area contributed by atoms with E-state index in [0.717, 1.165) is 12.0 Å². The topological polar surface area (TPSA) is 25.5 Å². The van der Waals surface area contributed by atoms with E-state index in [1.54, 1.807) is 6.26 Å². The molecule has 0 saturated heterocycles. The molecule has 50 valence electrons. The third kappa shape index (κ3) is 0.778. The summed E-state index contributed by atoms with van der Waals surface area (Å²) in [6.45, 7) is 0. The van der Waals surface area contributed by atoms with Crippen LogP contribution in [0.3, 0.4) is 0 Å². The number of aliphatic imine (C=N–C) groups is 1. The van der Waals surface area contributed by atoms with Crippen LogP contribution < -0.4 is 0 Å². The van der Waals surface area contributed by atoms with Gasteiger partial charge >= 0.3 is 0 Å². The summed E-state index contributed by atoms with van der Waals surface area (Å²) in [7, 11) is 0. The van der Waals surface area contributed by atoms with Crippen LogP contribution in [0.1, 0.15) is 12.0 Å². The minimum absolute atomic E-state index is 0.716. The molecule has 2 heterocycles. The van der Waals surface area contributed by atoms with E-state index < -0.39 is 0 Å². The maximum atomic E-state index is 5.09. The molecule has 0 fully saturated rings. The van der Waals surface area contributed by atoms with Gasteiger partial charge in [0, 0.05) is 18.2 Å². The Balaban J connectivity index is 2.56. The van der Waals surface area contributed by atoms with Gasteiger partial charge in [-0.05, 0) is 6.07 Å². The summed E-state index contributed by atoms with van der Waals surface area (Å²) < 4.78 is 5.09. The molecule has 2 nitrogen and oxygen atoms in total. The lowest BCUT2D eigenvalue weighted by Crippen LogP contribution is -1.62. The summed E-state index contributed by atoms with van der Waals surface area (Å²) in [5.41, 5.74) is 1.06. The maximum Gasteiger partial charge on any atom is 0.225 e. The average molecular weight is 133 g/mol. The number of rotatable bonds is 0. The van der Waals surface area contributed by atoms with E-state index in [9.17, 15) is 0 Å². The predicted octanol–water partition coefficient (Wildman–Crippen LogP) is 2.40. The molecule has 0 unspecified atom stereocenters. The molecule has 1 aliphatic rings. The van der Waals surface area contributed by atoms with Crippen molar-refractivity contribution in [2.24, 2.45) is 4.99 Å². The van der Waals surface area contributed by atoms with Crippen molar-refractivity contribution in [3.63, 3.8) is 0 Å². The van der Waals surface area contributed by atoms with Gasteiger partial charge in [0.2, 0.25) is 5.88 Å². The summed E-state index contributed by atoms with van der Waals surface area (Å²) in [5.74, 6) is 0.716. The molecule has 2 heteroatoms. The molecule has 1 aromatic heterocycles. The minimum Gasteiger partial charge on any atom is -0.446 e. The van der Waals surface area contributed by atoms with Crippen molar-refractivity contribution in [1.29, 1.82) is 0 Å². The molecule has 0 aromatic carbocycles. The summed E-state index contributed by atoms with van der Waals surface area (Å²) in [6.07, 6.45) is 8.46. The molecule has 1 aliphatic heterocycles. The number of furan rings is 1. The van der Waals surface area contributed by atoms with E-state index in [1.807, 2.05) is 18.4 Å². The molecule has 0 radical (unpaired) electrons. The Morgan fingerprint density at radius 1 is 1.50 bits per heavy atom. The highest BCUT2D eigenvalue weighted by molar-refractivity contribution is 5.72. The molecular formula is C8H7NO. The smallest absolute Gasteiger partial charge is 0.225 e. The Morgan fingerprint density at radius 3 is 3.50 bits per heavy atom. The molecule has 0 aliphatic carbocycles. The van der Waals surface area contributed by atoms with Gasteiger partial charge in [-0.3, -0.25) is 0 Å². The highest BCUT2D eigenvalue weighted by atomic mass is 16.3. The first kappa shape index (κ1) is 5.47. The van der Waals surface area contributed by atoms with Gasteiger partial charge in [-0.25, -0.2) is 4.99 Å². The first-order chi connectivity index (χ1) is 4.97. The zero-order chi connectivity index (χ0) is 6.81. The molecule has 2 rings (SSSR count). The fourth-order valence-electron chi connectivity index (χ4n) is 0.934. The molecule has 0 spiro atoms. The standard InChI is InChI=1S/C8H7NO/c1-2-5-9-8-7(3-1)4-6-10-8/h1,3-6H,2H2. The quantitative estimate of drug-likeness (QED) is 0.533. The van der Waals surface area contributed by atoms with E-state index in [1.165, 1.54) is 0 Å².